The van der Waals surface area contributed by atoms with Gasteiger partial charge in [0.05, 0.1) is 12.0 Å². The van der Waals surface area contributed by atoms with Crippen LogP contribution in [0.3, 0.4) is 0 Å². The van der Waals surface area contributed by atoms with Gasteiger partial charge in [0, 0.05) is 25.3 Å². The van der Waals surface area contributed by atoms with Gasteiger partial charge in [0.25, 0.3) is 0 Å². The Bertz CT molecular complexity index is 279. The Kier molecular flexibility index (Phi) is 3.41. The molecule has 0 unspecified atom stereocenters. The lowest BCUT2D eigenvalue weighted by Gasteiger charge is -2.10. The molecule has 1 saturated carbocycles. The van der Waals surface area contributed by atoms with E-state index in [9.17, 15) is 0 Å². The van der Waals surface area contributed by atoms with Crippen molar-refractivity contribution in [2.45, 2.75) is 52.2 Å². The second kappa shape index (κ2) is 4.79. The maximum atomic E-state index is 4.22. The number of aryl methyl sites for hydroxylation is 1. The molecule has 15 heavy (non-hydrogen) atoms. The van der Waals surface area contributed by atoms with E-state index in [1.165, 1.54) is 25.0 Å². The van der Waals surface area contributed by atoms with Crippen LogP contribution in [0.2, 0.25) is 0 Å². The van der Waals surface area contributed by atoms with Crippen molar-refractivity contribution < 1.29 is 0 Å². The summed E-state index contributed by atoms with van der Waals surface area (Å²) in [7, 11) is 0. The highest BCUT2D eigenvalue weighted by Gasteiger charge is 2.20. The van der Waals surface area contributed by atoms with Crippen LogP contribution in [-0.4, -0.2) is 15.6 Å². The highest BCUT2D eigenvalue weighted by atomic mass is 15.1. The normalized spacial score (nSPS) is 16.2. The third kappa shape index (κ3) is 3.34. The van der Waals surface area contributed by atoms with Gasteiger partial charge in [-0.05, 0) is 25.2 Å². The first kappa shape index (κ1) is 10.7. The van der Waals surface area contributed by atoms with E-state index in [4.69, 9.17) is 0 Å². The van der Waals surface area contributed by atoms with Crippen LogP contribution < -0.4 is 5.32 Å². The van der Waals surface area contributed by atoms with Gasteiger partial charge in [0.2, 0.25) is 0 Å². The summed E-state index contributed by atoms with van der Waals surface area (Å²) in [5.41, 5.74) is 1.32. The smallest absolute Gasteiger partial charge is 0.0948 e. The topological polar surface area (TPSA) is 29.9 Å². The van der Waals surface area contributed by atoms with Crippen LogP contribution in [0.5, 0.6) is 0 Å². The molecule has 3 nitrogen and oxygen atoms in total. The fourth-order valence-corrected chi connectivity index (χ4v) is 1.63. The van der Waals surface area contributed by atoms with Crippen LogP contribution in [0.15, 0.2) is 12.5 Å². The summed E-state index contributed by atoms with van der Waals surface area (Å²) < 4.78 is 2.27. The predicted octanol–water partition coefficient (Wildman–Crippen LogP) is 2.18. The third-order valence-corrected chi connectivity index (χ3v) is 2.90. The minimum atomic E-state index is 0.761. The highest BCUT2D eigenvalue weighted by Crippen LogP contribution is 2.19. The quantitative estimate of drug-likeness (QED) is 0.775. The molecular formula is C12H21N3. The van der Waals surface area contributed by atoms with E-state index >= 15 is 0 Å². The molecule has 0 saturated heterocycles. The number of nitrogens with zero attached hydrogens (tertiary/aromatic N) is 2. The molecule has 1 fully saturated rings. The van der Waals surface area contributed by atoms with Gasteiger partial charge in [-0.3, -0.25) is 0 Å². The zero-order chi connectivity index (χ0) is 10.7. The van der Waals surface area contributed by atoms with E-state index in [1.807, 2.05) is 12.5 Å². The lowest BCUT2D eigenvalue weighted by molar-refractivity contribution is 0.500. The van der Waals surface area contributed by atoms with Crippen LogP contribution in [0.1, 0.15) is 38.8 Å². The third-order valence-electron chi connectivity index (χ3n) is 2.90. The van der Waals surface area contributed by atoms with E-state index in [1.54, 1.807) is 0 Å². The minimum Gasteiger partial charge on any atom is -0.333 e. The molecule has 3 heteroatoms. The Hall–Kier alpha value is -0.830. The Morgan fingerprint density at radius 3 is 3.00 bits per heavy atom. The first-order chi connectivity index (χ1) is 7.25. The van der Waals surface area contributed by atoms with Gasteiger partial charge in [0.1, 0.15) is 0 Å². The minimum absolute atomic E-state index is 0.761. The summed E-state index contributed by atoms with van der Waals surface area (Å²) in [4.78, 5) is 4.22. The van der Waals surface area contributed by atoms with Crippen molar-refractivity contribution >= 4 is 0 Å². The molecule has 1 heterocycles. The molecule has 0 amide bonds. The average molecular weight is 207 g/mol. The van der Waals surface area contributed by atoms with Gasteiger partial charge in [-0.25, -0.2) is 4.98 Å². The van der Waals surface area contributed by atoms with Crippen LogP contribution in [0.25, 0.3) is 0 Å². The first-order valence-electron chi connectivity index (χ1n) is 5.98. The molecule has 1 N–H and O–H groups in total. The largest absolute Gasteiger partial charge is 0.333 e. The fraction of sp³-hybridized carbons (Fsp3) is 0.750. The lowest BCUT2D eigenvalue weighted by atomic mass is 10.1. The van der Waals surface area contributed by atoms with E-state index in [0.29, 0.717) is 0 Å². The zero-order valence-electron chi connectivity index (χ0n) is 9.74. The number of imidazole rings is 1. The van der Waals surface area contributed by atoms with Gasteiger partial charge in [-0.15, -0.1) is 0 Å². The number of nitrogens with one attached hydrogen (secondary N) is 1. The van der Waals surface area contributed by atoms with Crippen LogP contribution in [0.4, 0.5) is 0 Å². The van der Waals surface area contributed by atoms with Crippen molar-refractivity contribution in [2.75, 3.05) is 0 Å². The molecule has 0 aliphatic heterocycles. The van der Waals surface area contributed by atoms with Crippen molar-refractivity contribution in [3.8, 4) is 0 Å². The molecule has 2 rings (SSSR count). The SMILES string of the molecule is CC(C)CCn1cncc1CNC1CC1. The van der Waals surface area contributed by atoms with Crippen molar-refractivity contribution in [3.05, 3.63) is 18.2 Å². The standard InChI is InChI=1S/C12H21N3/c1-10(2)5-6-15-9-13-7-12(15)8-14-11-3-4-11/h7,9-11,14H,3-6,8H2,1-2H3. The summed E-state index contributed by atoms with van der Waals surface area (Å²) >= 11 is 0. The molecule has 0 radical (unpaired) electrons. The highest BCUT2D eigenvalue weighted by molar-refractivity contribution is 4.99. The fourth-order valence-electron chi connectivity index (χ4n) is 1.63. The van der Waals surface area contributed by atoms with E-state index in [0.717, 1.165) is 25.0 Å². The summed E-state index contributed by atoms with van der Waals surface area (Å²) in [6.07, 6.45) is 7.86. The van der Waals surface area contributed by atoms with E-state index in [2.05, 4.69) is 28.7 Å². The Labute approximate surface area is 91.9 Å². The lowest BCUT2D eigenvalue weighted by Crippen LogP contribution is -2.18. The van der Waals surface area contributed by atoms with Gasteiger partial charge in [-0.2, -0.15) is 0 Å². The molecule has 0 aromatic carbocycles. The van der Waals surface area contributed by atoms with Crippen LogP contribution in [-0.2, 0) is 13.1 Å². The molecule has 0 spiro atoms. The van der Waals surface area contributed by atoms with Crippen molar-refractivity contribution in [1.82, 2.24) is 14.9 Å². The monoisotopic (exact) mass is 207 g/mol. The molecule has 0 atom stereocenters. The molecule has 1 aliphatic rings. The summed E-state index contributed by atoms with van der Waals surface area (Å²) in [5, 5.41) is 3.53. The summed E-state index contributed by atoms with van der Waals surface area (Å²) in [5.74, 6) is 0.761. The van der Waals surface area contributed by atoms with Crippen molar-refractivity contribution in [1.29, 1.82) is 0 Å². The second-order valence-corrected chi connectivity index (χ2v) is 4.92. The molecule has 1 aromatic rings. The molecule has 1 aromatic heterocycles. The first-order valence-corrected chi connectivity index (χ1v) is 5.98. The van der Waals surface area contributed by atoms with Gasteiger partial charge >= 0.3 is 0 Å². The second-order valence-electron chi connectivity index (χ2n) is 4.92. The predicted molar refractivity (Wildman–Crippen MR) is 61.5 cm³/mol. The van der Waals surface area contributed by atoms with E-state index < -0.39 is 0 Å². The molecule has 1 aliphatic carbocycles. The van der Waals surface area contributed by atoms with E-state index in [-0.39, 0.29) is 0 Å². The number of rotatable bonds is 6. The summed E-state index contributed by atoms with van der Waals surface area (Å²) in [6, 6.07) is 0.776. The number of hydrogen-bond donors (Lipinski definition) is 1. The molecular weight excluding hydrogens is 186 g/mol. The Balaban J connectivity index is 1.83. The van der Waals surface area contributed by atoms with Crippen molar-refractivity contribution in [2.24, 2.45) is 5.92 Å². The maximum Gasteiger partial charge on any atom is 0.0948 e. The van der Waals surface area contributed by atoms with Crippen molar-refractivity contribution in [3.63, 3.8) is 0 Å². The Morgan fingerprint density at radius 1 is 1.53 bits per heavy atom. The van der Waals surface area contributed by atoms with Gasteiger partial charge in [0.15, 0.2) is 0 Å². The summed E-state index contributed by atoms with van der Waals surface area (Å²) in [6.45, 7) is 6.60. The van der Waals surface area contributed by atoms with Gasteiger partial charge in [-0.1, -0.05) is 13.8 Å². The average Bonchev–Trinajstić information content (AvgIpc) is 2.92. The Morgan fingerprint density at radius 2 is 2.33 bits per heavy atom. The number of hydrogen-bond acceptors (Lipinski definition) is 2. The number of aromatic nitrogens is 2. The molecule has 0 bridgehead atoms. The zero-order valence-corrected chi connectivity index (χ0v) is 9.74. The van der Waals surface area contributed by atoms with Crippen LogP contribution >= 0.6 is 0 Å². The maximum absolute atomic E-state index is 4.22. The van der Waals surface area contributed by atoms with Crippen LogP contribution in [0, 0.1) is 5.92 Å². The molecule has 84 valence electrons. The van der Waals surface area contributed by atoms with Gasteiger partial charge < -0.3 is 9.88 Å².